The van der Waals surface area contributed by atoms with Gasteiger partial charge in [-0.3, -0.25) is 4.79 Å². The average Bonchev–Trinajstić information content (AvgIpc) is 2.44. The minimum atomic E-state index is -0.0805. The molecule has 0 unspecified atom stereocenters. The Morgan fingerprint density at radius 3 is 2.43 bits per heavy atom. The zero-order valence-corrected chi connectivity index (χ0v) is 13.2. The molecule has 1 amide bonds. The fourth-order valence-electron chi connectivity index (χ4n) is 2.03. The number of halogens is 1. The van der Waals surface area contributed by atoms with Crippen molar-refractivity contribution < 1.29 is 4.79 Å². The highest BCUT2D eigenvalue weighted by Crippen LogP contribution is 2.20. The number of anilines is 2. The van der Waals surface area contributed by atoms with E-state index in [-0.39, 0.29) is 12.5 Å². The van der Waals surface area contributed by atoms with Crippen LogP contribution in [0, 0.1) is 20.8 Å². The smallest absolute Gasteiger partial charge is 0.243 e. The van der Waals surface area contributed by atoms with E-state index in [4.69, 9.17) is 11.6 Å². The van der Waals surface area contributed by atoms with Crippen LogP contribution < -0.4 is 10.6 Å². The highest BCUT2D eigenvalue weighted by molar-refractivity contribution is 6.30. The Balaban J connectivity index is 1.99. The molecule has 4 heteroatoms. The summed E-state index contributed by atoms with van der Waals surface area (Å²) in [6.07, 6.45) is 0. The predicted octanol–water partition coefficient (Wildman–Crippen LogP) is 4.32. The van der Waals surface area contributed by atoms with E-state index in [2.05, 4.69) is 10.6 Å². The monoisotopic (exact) mass is 302 g/mol. The van der Waals surface area contributed by atoms with E-state index in [0.717, 1.165) is 28.1 Å². The Morgan fingerprint density at radius 2 is 1.67 bits per heavy atom. The molecule has 0 saturated carbocycles. The molecule has 0 radical (unpaired) electrons. The van der Waals surface area contributed by atoms with Crippen LogP contribution in [0.25, 0.3) is 0 Å². The lowest BCUT2D eigenvalue weighted by Gasteiger charge is -2.12. The summed E-state index contributed by atoms with van der Waals surface area (Å²) in [6, 6.07) is 11.6. The lowest BCUT2D eigenvalue weighted by atomic mass is 10.1. The van der Waals surface area contributed by atoms with Gasteiger partial charge >= 0.3 is 0 Å². The van der Waals surface area contributed by atoms with Crippen molar-refractivity contribution in [2.24, 2.45) is 0 Å². The van der Waals surface area contributed by atoms with Crippen LogP contribution in [0.15, 0.2) is 36.4 Å². The molecule has 2 aromatic rings. The zero-order valence-electron chi connectivity index (χ0n) is 12.5. The number of nitrogens with one attached hydrogen (secondary N) is 2. The number of hydrogen-bond acceptors (Lipinski definition) is 2. The first-order valence-corrected chi connectivity index (χ1v) is 7.20. The quantitative estimate of drug-likeness (QED) is 0.883. The number of hydrogen-bond donors (Lipinski definition) is 2. The van der Waals surface area contributed by atoms with Crippen LogP contribution >= 0.6 is 11.6 Å². The summed E-state index contributed by atoms with van der Waals surface area (Å²) < 4.78 is 0. The number of benzene rings is 2. The molecular formula is C17H19ClN2O. The van der Waals surface area contributed by atoms with Gasteiger partial charge in [0.25, 0.3) is 0 Å². The number of aryl methyl sites for hydroxylation is 3. The van der Waals surface area contributed by atoms with Crippen molar-refractivity contribution in [1.82, 2.24) is 0 Å². The summed E-state index contributed by atoms with van der Waals surface area (Å²) in [5, 5.41) is 6.68. The standard InChI is InChI=1S/C17H19ClN2O/c1-11-4-5-13(3)16(8-11)20-17(21)10-19-15-9-14(18)7-6-12(15)2/h4-9,19H,10H2,1-3H3,(H,20,21). The molecule has 3 nitrogen and oxygen atoms in total. The number of rotatable bonds is 4. The number of carbonyl (C=O) groups excluding carboxylic acids is 1. The van der Waals surface area contributed by atoms with Gasteiger partial charge in [0.2, 0.25) is 5.91 Å². The van der Waals surface area contributed by atoms with Gasteiger partial charge in [0, 0.05) is 16.4 Å². The van der Waals surface area contributed by atoms with E-state index >= 15 is 0 Å². The average molecular weight is 303 g/mol. The first kappa shape index (κ1) is 15.4. The van der Waals surface area contributed by atoms with Gasteiger partial charge in [0.05, 0.1) is 6.54 Å². The maximum absolute atomic E-state index is 12.0. The molecule has 2 N–H and O–H groups in total. The minimum absolute atomic E-state index is 0.0805. The second-order valence-electron chi connectivity index (χ2n) is 5.18. The second-order valence-corrected chi connectivity index (χ2v) is 5.62. The maximum Gasteiger partial charge on any atom is 0.243 e. The van der Waals surface area contributed by atoms with Crippen LogP contribution in [0.4, 0.5) is 11.4 Å². The van der Waals surface area contributed by atoms with Crippen molar-refractivity contribution in [3.8, 4) is 0 Å². The molecule has 0 aromatic heterocycles. The van der Waals surface area contributed by atoms with Gasteiger partial charge in [0.15, 0.2) is 0 Å². The van der Waals surface area contributed by atoms with Gasteiger partial charge in [-0.05, 0) is 55.7 Å². The normalized spacial score (nSPS) is 10.3. The molecule has 0 heterocycles. The molecule has 0 aliphatic heterocycles. The number of amides is 1. The van der Waals surface area contributed by atoms with Crippen molar-refractivity contribution in [2.75, 3.05) is 17.2 Å². The van der Waals surface area contributed by atoms with Crippen molar-refractivity contribution in [3.05, 3.63) is 58.1 Å². The minimum Gasteiger partial charge on any atom is -0.376 e. The molecule has 0 saturated heterocycles. The molecule has 21 heavy (non-hydrogen) atoms. The van der Waals surface area contributed by atoms with E-state index in [1.54, 1.807) is 0 Å². The van der Waals surface area contributed by atoms with Crippen molar-refractivity contribution in [3.63, 3.8) is 0 Å². The van der Waals surface area contributed by atoms with Gasteiger partial charge < -0.3 is 10.6 Å². The Bertz CT molecular complexity index is 668. The predicted molar refractivity (Wildman–Crippen MR) is 89.2 cm³/mol. The molecule has 0 atom stereocenters. The topological polar surface area (TPSA) is 41.1 Å². The van der Waals surface area contributed by atoms with Gasteiger partial charge in [-0.15, -0.1) is 0 Å². The highest BCUT2D eigenvalue weighted by Gasteiger charge is 2.06. The fraction of sp³-hybridized carbons (Fsp3) is 0.235. The lowest BCUT2D eigenvalue weighted by molar-refractivity contribution is -0.114. The van der Waals surface area contributed by atoms with E-state index < -0.39 is 0 Å². The summed E-state index contributed by atoms with van der Waals surface area (Å²) in [7, 11) is 0. The Hall–Kier alpha value is -2.00. The lowest BCUT2D eigenvalue weighted by Crippen LogP contribution is -2.22. The first-order chi connectivity index (χ1) is 9.95. The summed E-state index contributed by atoms with van der Waals surface area (Å²) in [5.74, 6) is -0.0805. The fourth-order valence-corrected chi connectivity index (χ4v) is 2.20. The van der Waals surface area contributed by atoms with Gasteiger partial charge in [-0.25, -0.2) is 0 Å². The molecule has 110 valence electrons. The van der Waals surface area contributed by atoms with Gasteiger partial charge in [0.1, 0.15) is 0 Å². The third-order valence-electron chi connectivity index (χ3n) is 3.31. The van der Waals surface area contributed by atoms with E-state index in [9.17, 15) is 4.79 Å². The summed E-state index contributed by atoms with van der Waals surface area (Å²) in [6.45, 7) is 6.15. The Labute approximate surface area is 130 Å². The Kier molecular flexibility index (Phi) is 4.86. The largest absolute Gasteiger partial charge is 0.376 e. The summed E-state index contributed by atoms with van der Waals surface area (Å²) in [5.41, 5.74) is 4.95. The van der Waals surface area contributed by atoms with Crippen LogP contribution in [0.3, 0.4) is 0 Å². The second kappa shape index (κ2) is 6.64. The van der Waals surface area contributed by atoms with E-state index in [1.165, 1.54) is 0 Å². The SMILES string of the molecule is Cc1ccc(C)c(NC(=O)CNc2cc(Cl)ccc2C)c1. The molecule has 0 aliphatic carbocycles. The van der Waals surface area contributed by atoms with Gasteiger partial charge in [-0.2, -0.15) is 0 Å². The molecule has 0 bridgehead atoms. The zero-order chi connectivity index (χ0) is 15.4. The molecule has 0 fully saturated rings. The van der Waals surface area contributed by atoms with Crippen molar-refractivity contribution in [1.29, 1.82) is 0 Å². The van der Waals surface area contributed by atoms with E-state index in [1.807, 2.05) is 57.2 Å². The van der Waals surface area contributed by atoms with Crippen LogP contribution in [0.5, 0.6) is 0 Å². The van der Waals surface area contributed by atoms with Crippen molar-refractivity contribution in [2.45, 2.75) is 20.8 Å². The highest BCUT2D eigenvalue weighted by atomic mass is 35.5. The van der Waals surface area contributed by atoms with Crippen LogP contribution in [0.2, 0.25) is 5.02 Å². The van der Waals surface area contributed by atoms with E-state index in [0.29, 0.717) is 5.02 Å². The third-order valence-corrected chi connectivity index (χ3v) is 3.54. The Morgan fingerprint density at radius 1 is 1.00 bits per heavy atom. The molecule has 0 spiro atoms. The maximum atomic E-state index is 12.0. The first-order valence-electron chi connectivity index (χ1n) is 6.83. The third kappa shape index (κ3) is 4.23. The molecule has 2 rings (SSSR count). The summed E-state index contributed by atoms with van der Waals surface area (Å²) >= 11 is 5.96. The van der Waals surface area contributed by atoms with Crippen LogP contribution in [0.1, 0.15) is 16.7 Å². The van der Waals surface area contributed by atoms with Gasteiger partial charge in [-0.1, -0.05) is 29.8 Å². The number of carbonyl (C=O) groups is 1. The van der Waals surface area contributed by atoms with Crippen molar-refractivity contribution >= 4 is 28.9 Å². The van der Waals surface area contributed by atoms with Crippen LogP contribution in [-0.4, -0.2) is 12.5 Å². The molecule has 0 aliphatic rings. The summed E-state index contributed by atoms with van der Waals surface area (Å²) in [4.78, 5) is 12.0. The van der Waals surface area contributed by atoms with Crippen LogP contribution in [-0.2, 0) is 4.79 Å². The molecular weight excluding hydrogens is 284 g/mol. The molecule has 2 aromatic carbocycles.